The second-order valence-corrected chi connectivity index (χ2v) is 1.91. The largest absolute Gasteiger partial charge is 0.254 e. The number of aryl methyl sites for hydroxylation is 2. The van der Waals surface area contributed by atoms with Crippen LogP contribution in [0.2, 0.25) is 0 Å². The molecular weight excluding hydrogens is 112 g/mol. The van der Waals surface area contributed by atoms with Gasteiger partial charge in [-0.25, -0.2) is 0 Å². The lowest BCUT2D eigenvalue weighted by Gasteiger charge is -1.92. The fraction of sp³-hybridized carbons (Fsp3) is 0.429. The molecule has 0 fully saturated rings. The first-order chi connectivity index (χ1) is 4.33. The third-order valence-electron chi connectivity index (χ3n) is 1.11. The maximum atomic E-state index is 4.17. The lowest BCUT2D eigenvalue weighted by atomic mass is 10.3. The zero-order chi connectivity index (χ0) is 6.69. The van der Waals surface area contributed by atoms with Crippen LogP contribution in [0, 0.1) is 13.1 Å². The molecule has 0 aromatic carbocycles. The highest BCUT2D eigenvalue weighted by Crippen LogP contribution is 1.93. The first-order valence-corrected chi connectivity index (χ1v) is 3.03. The van der Waals surface area contributed by atoms with Crippen LogP contribution < -0.4 is 0 Å². The molecule has 9 heavy (non-hydrogen) atoms. The van der Waals surface area contributed by atoms with Gasteiger partial charge in [0.05, 0.1) is 11.4 Å². The molecule has 1 rings (SSSR count). The van der Waals surface area contributed by atoms with Gasteiger partial charge >= 0.3 is 0 Å². The molecule has 1 radical (unpaired) electrons. The molecule has 1 aromatic heterocycles. The summed E-state index contributed by atoms with van der Waals surface area (Å²) in [5, 5.41) is 0. The van der Waals surface area contributed by atoms with Gasteiger partial charge in [0.1, 0.15) is 6.20 Å². The molecule has 1 aromatic rings. The van der Waals surface area contributed by atoms with Gasteiger partial charge in [0.2, 0.25) is 0 Å². The molecule has 0 aliphatic carbocycles. The minimum absolute atomic E-state index is 0.870. The van der Waals surface area contributed by atoms with Crippen molar-refractivity contribution in [2.45, 2.75) is 20.3 Å². The lowest BCUT2D eigenvalue weighted by Crippen LogP contribution is -1.90. The van der Waals surface area contributed by atoms with Gasteiger partial charge in [0.15, 0.2) is 0 Å². The van der Waals surface area contributed by atoms with Crippen molar-refractivity contribution >= 4 is 0 Å². The van der Waals surface area contributed by atoms with E-state index in [0.29, 0.717) is 0 Å². The minimum atomic E-state index is 0.870. The molecule has 0 bridgehead atoms. The fourth-order valence-electron chi connectivity index (χ4n) is 0.640. The summed E-state index contributed by atoms with van der Waals surface area (Å²) < 4.78 is 0. The summed E-state index contributed by atoms with van der Waals surface area (Å²) >= 11 is 0. The van der Waals surface area contributed by atoms with E-state index in [1.54, 1.807) is 6.20 Å². The molecular formula is C7H9N2. The van der Waals surface area contributed by atoms with Gasteiger partial charge in [-0.1, -0.05) is 6.92 Å². The fourth-order valence-corrected chi connectivity index (χ4v) is 0.640. The average molecular weight is 121 g/mol. The predicted octanol–water partition coefficient (Wildman–Crippen LogP) is 1.15. The molecule has 0 amide bonds. The van der Waals surface area contributed by atoms with Crippen LogP contribution in [0.15, 0.2) is 6.20 Å². The van der Waals surface area contributed by atoms with Crippen LogP contribution >= 0.6 is 0 Å². The Morgan fingerprint density at radius 3 is 2.89 bits per heavy atom. The molecule has 2 heteroatoms. The van der Waals surface area contributed by atoms with Crippen LogP contribution in [0.4, 0.5) is 0 Å². The van der Waals surface area contributed by atoms with E-state index in [1.165, 1.54) is 0 Å². The van der Waals surface area contributed by atoms with Crippen molar-refractivity contribution in [1.29, 1.82) is 0 Å². The van der Waals surface area contributed by atoms with E-state index >= 15 is 0 Å². The third-order valence-corrected chi connectivity index (χ3v) is 1.11. The SMILES string of the molecule is CCc1cn[c]c(C)n1. The smallest absolute Gasteiger partial charge is 0.112 e. The van der Waals surface area contributed by atoms with Gasteiger partial charge in [-0.15, -0.1) is 0 Å². The number of nitrogens with zero attached hydrogens (tertiary/aromatic N) is 2. The van der Waals surface area contributed by atoms with Crippen LogP contribution in [-0.4, -0.2) is 9.97 Å². The van der Waals surface area contributed by atoms with E-state index in [-0.39, 0.29) is 0 Å². The summed E-state index contributed by atoms with van der Waals surface area (Å²) in [4.78, 5) is 8.04. The summed E-state index contributed by atoms with van der Waals surface area (Å²) in [5.41, 5.74) is 1.90. The molecule has 0 saturated carbocycles. The maximum Gasteiger partial charge on any atom is 0.112 e. The summed E-state index contributed by atoms with van der Waals surface area (Å²) in [6.07, 6.45) is 5.43. The van der Waals surface area contributed by atoms with Crippen LogP contribution in [0.25, 0.3) is 0 Å². The monoisotopic (exact) mass is 121 g/mol. The quantitative estimate of drug-likeness (QED) is 0.557. The molecule has 0 spiro atoms. The van der Waals surface area contributed by atoms with Crippen molar-refractivity contribution in [2.75, 3.05) is 0 Å². The molecule has 0 aliphatic rings. The molecule has 1 heterocycles. The van der Waals surface area contributed by atoms with Crippen LogP contribution in [0.1, 0.15) is 18.3 Å². The Morgan fingerprint density at radius 1 is 1.67 bits per heavy atom. The highest BCUT2D eigenvalue weighted by atomic mass is 14.8. The van der Waals surface area contributed by atoms with Crippen LogP contribution in [0.3, 0.4) is 0 Å². The van der Waals surface area contributed by atoms with Crippen molar-refractivity contribution in [3.8, 4) is 0 Å². The molecule has 0 saturated heterocycles. The second-order valence-electron chi connectivity index (χ2n) is 1.91. The Balaban J connectivity index is 2.94. The highest BCUT2D eigenvalue weighted by Gasteiger charge is 1.89. The maximum absolute atomic E-state index is 4.17. The van der Waals surface area contributed by atoms with Crippen LogP contribution in [-0.2, 0) is 6.42 Å². The van der Waals surface area contributed by atoms with Gasteiger partial charge in [0.25, 0.3) is 0 Å². The average Bonchev–Trinajstić information content (AvgIpc) is 1.88. The van der Waals surface area contributed by atoms with Gasteiger partial charge in [0, 0.05) is 6.20 Å². The summed E-state index contributed by atoms with van der Waals surface area (Å²) in [6.45, 7) is 3.95. The third kappa shape index (κ3) is 1.49. The Labute approximate surface area is 55.0 Å². The summed E-state index contributed by atoms with van der Waals surface area (Å²) in [7, 11) is 0. The van der Waals surface area contributed by atoms with E-state index in [1.807, 2.05) is 6.92 Å². The second kappa shape index (κ2) is 2.58. The molecule has 0 N–H and O–H groups in total. The van der Waals surface area contributed by atoms with Crippen molar-refractivity contribution in [2.24, 2.45) is 0 Å². The Kier molecular flexibility index (Phi) is 1.78. The van der Waals surface area contributed by atoms with Crippen molar-refractivity contribution in [1.82, 2.24) is 9.97 Å². The zero-order valence-electron chi connectivity index (χ0n) is 5.68. The molecule has 0 unspecified atom stereocenters. The topological polar surface area (TPSA) is 25.8 Å². The van der Waals surface area contributed by atoms with Gasteiger partial charge in [-0.05, 0) is 13.3 Å². The van der Waals surface area contributed by atoms with E-state index < -0.39 is 0 Å². The predicted molar refractivity (Wildman–Crippen MR) is 35.0 cm³/mol. The normalized spacial score (nSPS) is 9.56. The Bertz CT molecular complexity index is 196. The highest BCUT2D eigenvalue weighted by molar-refractivity contribution is 4.99. The van der Waals surface area contributed by atoms with E-state index in [2.05, 4.69) is 23.1 Å². The van der Waals surface area contributed by atoms with Gasteiger partial charge < -0.3 is 0 Å². The minimum Gasteiger partial charge on any atom is -0.254 e. The van der Waals surface area contributed by atoms with Crippen molar-refractivity contribution in [3.63, 3.8) is 0 Å². The molecule has 0 atom stereocenters. The summed E-state index contributed by atoms with van der Waals surface area (Å²) in [6, 6.07) is 0. The number of hydrogen-bond donors (Lipinski definition) is 0. The first kappa shape index (κ1) is 6.20. The van der Waals surface area contributed by atoms with Crippen molar-refractivity contribution in [3.05, 3.63) is 23.8 Å². The molecule has 2 nitrogen and oxygen atoms in total. The van der Waals surface area contributed by atoms with Crippen LogP contribution in [0.5, 0.6) is 0 Å². The molecule has 0 aliphatic heterocycles. The van der Waals surface area contributed by atoms with Gasteiger partial charge in [-0.2, -0.15) is 0 Å². The summed E-state index contributed by atoms with van der Waals surface area (Å²) in [5.74, 6) is 0. The lowest BCUT2D eigenvalue weighted by molar-refractivity contribution is 0.963. The van der Waals surface area contributed by atoms with Crippen molar-refractivity contribution < 1.29 is 0 Å². The van der Waals surface area contributed by atoms with E-state index in [4.69, 9.17) is 0 Å². The van der Waals surface area contributed by atoms with E-state index in [9.17, 15) is 0 Å². The number of hydrogen-bond acceptors (Lipinski definition) is 2. The Morgan fingerprint density at radius 2 is 2.44 bits per heavy atom. The van der Waals surface area contributed by atoms with Gasteiger partial charge in [-0.3, -0.25) is 9.97 Å². The zero-order valence-corrected chi connectivity index (χ0v) is 5.68. The first-order valence-electron chi connectivity index (χ1n) is 3.03. The van der Waals surface area contributed by atoms with E-state index in [0.717, 1.165) is 17.8 Å². The Hall–Kier alpha value is -0.920. The number of aromatic nitrogens is 2. The molecule has 47 valence electrons. The number of rotatable bonds is 1. The standard InChI is InChI=1S/C7H9N2/c1-3-7-5-8-4-6(2)9-7/h5H,3H2,1-2H3.